The molecule has 0 unspecified atom stereocenters. The molecule has 0 spiro atoms. The zero-order valence-electron chi connectivity index (χ0n) is 17.9. The molecule has 4 rings (SSSR count). The van der Waals surface area contributed by atoms with Crippen LogP contribution in [-0.2, 0) is 0 Å². The van der Waals surface area contributed by atoms with Crippen molar-refractivity contribution in [3.05, 3.63) is 69.4 Å². The van der Waals surface area contributed by atoms with E-state index in [1.807, 2.05) is 32.0 Å². The monoisotopic (exact) mass is 453 g/mol. The molecule has 2 aromatic carbocycles. The summed E-state index contributed by atoms with van der Waals surface area (Å²) in [4.78, 5) is 26.8. The molecule has 1 saturated heterocycles. The Morgan fingerprint density at radius 1 is 1.06 bits per heavy atom. The van der Waals surface area contributed by atoms with Gasteiger partial charge in [0.2, 0.25) is 5.01 Å². The van der Waals surface area contributed by atoms with E-state index in [4.69, 9.17) is 0 Å². The normalized spacial score (nSPS) is 14.3. The molecule has 32 heavy (non-hydrogen) atoms. The number of hydrogen-bond acceptors (Lipinski definition) is 5. The summed E-state index contributed by atoms with van der Waals surface area (Å²) in [5, 5.41) is 14.8. The van der Waals surface area contributed by atoms with Gasteiger partial charge in [-0.2, -0.15) is 0 Å². The average molecular weight is 454 g/mol. The van der Waals surface area contributed by atoms with Crippen LogP contribution in [0.15, 0.2) is 42.5 Å². The lowest BCUT2D eigenvalue weighted by Crippen LogP contribution is -2.40. The smallest absolute Gasteiger partial charge is 0.321 e. The van der Waals surface area contributed by atoms with Gasteiger partial charge < -0.3 is 15.5 Å². The Labute approximate surface area is 189 Å². The zero-order chi connectivity index (χ0) is 22.7. The summed E-state index contributed by atoms with van der Waals surface area (Å²) in [5.74, 6) is -0.688. The lowest BCUT2D eigenvalue weighted by atomic mass is 9.98. The Balaban J connectivity index is 1.32. The van der Waals surface area contributed by atoms with Gasteiger partial charge in [-0.15, -0.1) is 10.2 Å². The molecule has 7 nitrogen and oxygen atoms in total. The largest absolute Gasteiger partial charge is 0.324 e. The number of anilines is 2. The average Bonchev–Trinajstić information content (AvgIpc) is 3.26. The molecule has 9 heteroatoms. The van der Waals surface area contributed by atoms with Crippen LogP contribution in [0.5, 0.6) is 0 Å². The van der Waals surface area contributed by atoms with E-state index >= 15 is 0 Å². The Morgan fingerprint density at radius 2 is 1.84 bits per heavy atom. The van der Waals surface area contributed by atoms with Gasteiger partial charge in [-0.25, -0.2) is 9.18 Å². The number of hydrogen-bond donors (Lipinski definition) is 2. The Bertz CT molecular complexity index is 1140. The molecule has 1 fully saturated rings. The number of amides is 3. The van der Waals surface area contributed by atoms with Gasteiger partial charge in [0.25, 0.3) is 5.91 Å². The van der Waals surface area contributed by atoms with Crippen LogP contribution in [0, 0.1) is 19.7 Å². The van der Waals surface area contributed by atoms with Crippen LogP contribution < -0.4 is 10.6 Å². The highest BCUT2D eigenvalue weighted by atomic mass is 32.1. The molecule has 2 heterocycles. The van der Waals surface area contributed by atoms with E-state index in [0.29, 0.717) is 18.8 Å². The fourth-order valence-electron chi connectivity index (χ4n) is 3.72. The predicted molar refractivity (Wildman–Crippen MR) is 123 cm³/mol. The second kappa shape index (κ2) is 9.44. The molecule has 1 aromatic heterocycles. The summed E-state index contributed by atoms with van der Waals surface area (Å²) in [6.07, 6.45) is 1.50. The van der Waals surface area contributed by atoms with Crippen molar-refractivity contribution in [3.63, 3.8) is 0 Å². The fraction of sp³-hybridized carbons (Fsp3) is 0.304. The van der Waals surface area contributed by atoms with Crippen molar-refractivity contribution >= 4 is 34.6 Å². The summed E-state index contributed by atoms with van der Waals surface area (Å²) in [6, 6.07) is 11.5. The standard InChI is InChI=1S/C23H24FN5O2S/c1-14-6-7-19(15(2)12-14)26-23(31)29-10-8-16(9-11-29)21-27-28-22(32-21)20(30)25-18-5-3-4-17(24)13-18/h3-7,12-13,16H,8-11H2,1-2H3,(H,25,30)(H,26,31). The second-order valence-electron chi connectivity index (χ2n) is 7.92. The number of carbonyl (C=O) groups is 2. The molecule has 3 amide bonds. The van der Waals surface area contributed by atoms with Gasteiger partial charge in [0.1, 0.15) is 10.8 Å². The summed E-state index contributed by atoms with van der Waals surface area (Å²) < 4.78 is 13.3. The van der Waals surface area contributed by atoms with Crippen molar-refractivity contribution < 1.29 is 14.0 Å². The summed E-state index contributed by atoms with van der Waals surface area (Å²) in [6.45, 7) is 5.21. The maximum absolute atomic E-state index is 13.3. The SMILES string of the molecule is Cc1ccc(NC(=O)N2CCC(c3nnc(C(=O)Nc4cccc(F)c4)s3)CC2)c(C)c1. The molecular formula is C23H24FN5O2S. The van der Waals surface area contributed by atoms with Crippen LogP contribution in [0.1, 0.15) is 44.7 Å². The minimum absolute atomic E-state index is 0.108. The molecule has 0 atom stereocenters. The molecule has 1 aliphatic rings. The van der Waals surface area contributed by atoms with E-state index in [2.05, 4.69) is 20.8 Å². The van der Waals surface area contributed by atoms with Gasteiger partial charge in [0.15, 0.2) is 0 Å². The second-order valence-corrected chi connectivity index (χ2v) is 8.93. The zero-order valence-corrected chi connectivity index (χ0v) is 18.7. The number of aromatic nitrogens is 2. The molecule has 0 radical (unpaired) electrons. The first-order valence-electron chi connectivity index (χ1n) is 10.4. The van der Waals surface area contributed by atoms with E-state index in [9.17, 15) is 14.0 Å². The van der Waals surface area contributed by atoms with Crippen molar-refractivity contribution in [2.45, 2.75) is 32.6 Å². The first-order chi connectivity index (χ1) is 15.4. The summed E-state index contributed by atoms with van der Waals surface area (Å²) in [7, 11) is 0. The van der Waals surface area contributed by atoms with E-state index in [1.165, 1.54) is 29.5 Å². The number of piperidine rings is 1. The molecule has 2 N–H and O–H groups in total. The number of carbonyl (C=O) groups excluding carboxylic acids is 2. The van der Waals surface area contributed by atoms with Crippen molar-refractivity contribution in [2.24, 2.45) is 0 Å². The molecule has 0 bridgehead atoms. The van der Waals surface area contributed by atoms with E-state index in [0.717, 1.165) is 34.7 Å². The number of likely N-dealkylation sites (tertiary alicyclic amines) is 1. The highest BCUT2D eigenvalue weighted by Gasteiger charge is 2.27. The lowest BCUT2D eigenvalue weighted by molar-refractivity contribution is 0.102. The third-order valence-corrected chi connectivity index (χ3v) is 6.56. The third-order valence-electron chi connectivity index (χ3n) is 5.47. The summed E-state index contributed by atoms with van der Waals surface area (Å²) in [5.41, 5.74) is 3.38. The quantitative estimate of drug-likeness (QED) is 0.585. The van der Waals surface area contributed by atoms with Crippen LogP contribution >= 0.6 is 11.3 Å². The van der Waals surface area contributed by atoms with Gasteiger partial charge >= 0.3 is 6.03 Å². The van der Waals surface area contributed by atoms with Gasteiger partial charge in [-0.3, -0.25) is 4.79 Å². The van der Waals surface area contributed by atoms with Crippen LogP contribution in [0.3, 0.4) is 0 Å². The Hall–Kier alpha value is -3.33. The van der Waals surface area contributed by atoms with E-state index in [1.54, 1.807) is 11.0 Å². The first kappa shape index (κ1) is 21.9. The van der Waals surface area contributed by atoms with Gasteiger partial charge in [-0.05, 0) is 56.5 Å². The molecule has 0 saturated carbocycles. The Kier molecular flexibility index (Phi) is 6.45. The number of urea groups is 1. The van der Waals surface area contributed by atoms with Gasteiger partial charge in [0, 0.05) is 30.4 Å². The van der Waals surface area contributed by atoms with Gasteiger partial charge in [-0.1, -0.05) is 35.1 Å². The van der Waals surface area contributed by atoms with Crippen LogP contribution in [0.25, 0.3) is 0 Å². The van der Waals surface area contributed by atoms with Crippen molar-refractivity contribution in [2.75, 3.05) is 23.7 Å². The maximum Gasteiger partial charge on any atom is 0.321 e. The number of benzene rings is 2. The minimum Gasteiger partial charge on any atom is -0.324 e. The van der Waals surface area contributed by atoms with E-state index < -0.39 is 11.7 Å². The molecule has 1 aliphatic heterocycles. The van der Waals surface area contributed by atoms with Crippen LogP contribution in [0.2, 0.25) is 0 Å². The number of nitrogens with zero attached hydrogens (tertiary/aromatic N) is 3. The summed E-state index contributed by atoms with van der Waals surface area (Å²) >= 11 is 1.24. The lowest BCUT2D eigenvalue weighted by Gasteiger charge is -2.31. The van der Waals surface area contributed by atoms with Crippen LogP contribution in [-0.4, -0.2) is 40.1 Å². The highest BCUT2D eigenvalue weighted by molar-refractivity contribution is 7.13. The fourth-order valence-corrected chi connectivity index (χ4v) is 4.63. The minimum atomic E-state index is -0.422. The number of halogens is 1. The topological polar surface area (TPSA) is 87.2 Å². The molecular weight excluding hydrogens is 429 g/mol. The molecule has 166 valence electrons. The highest BCUT2D eigenvalue weighted by Crippen LogP contribution is 2.31. The first-order valence-corrected chi connectivity index (χ1v) is 11.2. The van der Waals surface area contributed by atoms with Crippen molar-refractivity contribution in [3.8, 4) is 0 Å². The van der Waals surface area contributed by atoms with Gasteiger partial charge in [0.05, 0.1) is 0 Å². The number of rotatable bonds is 4. The van der Waals surface area contributed by atoms with Crippen LogP contribution in [0.4, 0.5) is 20.6 Å². The number of aryl methyl sites for hydroxylation is 2. The Morgan fingerprint density at radius 3 is 2.56 bits per heavy atom. The predicted octanol–water partition coefficient (Wildman–Crippen LogP) is 4.96. The third kappa shape index (κ3) is 5.11. The van der Waals surface area contributed by atoms with Crippen molar-refractivity contribution in [1.82, 2.24) is 15.1 Å². The number of nitrogens with one attached hydrogen (secondary N) is 2. The van der Waals surface area contributed by atoms with Crippen molar-refractivity contribution in [1.29, 1.82) is 0 Å². The maximum atomic E-state index is 13.3. The molecule has 3 aromatic rings. The molecule has 0 aliphatic carbocycles. The van der Waals surface area contributed by atoms with E-state index in [-0.39, 0.29) is 17.0 Å².